The summed E-state index contributed by atoms with van der Waals surface area (Å²) in [7, 11) is 0. The van der Waals surface area contributed by atoms with Crippen molar-refractivity contribution in [2.24, 2.45) is 0 Å². The maximum atomic E-state index is 6.85. The number of hydrogen-bond acceptors (Lipinski definition) is 2. The smallest absolute Gasteiger partial charge is 0.132 e. The summed E-state index contributed by atoms with van der Waals surface area (Å²) >= 11 is 0. The maximum absolute atomic E-state index is 6.85. The lowest BCUT2D eigenvalue weighted by Gasteiger charge is -2.40. The summed E-state index contributed by atoms with van der Waals surface area (Å²) in [6.07, 6.45) is 0. The fourth-order valence-electron chi connectivity index (χ4n) is 9.84. The molecule has 3 nitrogen and oxygen atoms in total. The lowest BCUT2D eigenvalue weighted by Crippen LogP contribution is -2.32. The number of para-hydroxylation sites is 3. The average Bonchev–Trinajstić information content (AvgIpc) is 3.78. The molecule has 272 valence electrons. The van der Waals surface area contributed by atoms with Gasteiger partial charge in [-0.3, -0.25) is 0 Å². The highest BCUT2D eigenvalue weighted by molar-refractivity contribution is 6.10. The Morgan fingerprint density at radius 2 is 0.931 bits per heavy atom. The van der Waals surface area contributed by atoms with E-state index in [1.165, 1.54) is 49.6 Å². The van der Waals surface area contributed by atoms with E-state index < -0.39 is 5.41 Å². The summed E-state index contributed by atoms with van der Waals surface area (Å²) in [5.74, 6) is 1.76. The van der Waals surface area contributed by atoms with Gasteiger partial charge in [-0.2, -0.15) is 0 Å². The van der Waals surface area contributed by atoms with Gasteiger partial charge in [0.1, 0.15) is 11.5 Å². The van der Waals surface area contributed by atoms with Crippen LogP contribution >= 0.6 is 0 Å². The van der Waals surface area contributed by atoms with E-state index in [1.54, 1.807) is 0 Å². The lowest BCUT2D eigenvalue weighted by molar-refractivity contribution is 0.436. The summed E-state index contributed by atoms with van der Waals surface area (Å²) in [5.41, 5.74) is 15.8. The first kappa shape index (κ1) is 32.6. The van der Waals surface area contributed by atoms with Crippen molar-refractivity contribution in [3.63, 3.8) is 0 Å². The van der Waals surface area contributed by atoms with Gasteiger partial charge in [0.15, 0.2) is 0 Å². The van der Waals surface area contributed by atoms with Crippen molar-refractivity contribution < 1.29 is 4.74 Å². The highest BCUT2D eigenvalue weighted by Gasteiger charge is 2.51. The standard InChI is InChI=1S/C55H36N2O/c1-3-16-37(17-4-1)38-18-15-21-40(34-38)56(41-30-32-52-46(35-41)45-24-9-13-28-51(45)57(52)39-19-5-2-6-20-39)42-31-33-54-50(36-42)55(49-27-12-14-29-53(49)58-54)47-25-10-7-22-43(47)44-23-8-11-26-48(44)55/h1-36H. The van der Waals surface area contributed by atoms with Crippen LogP contribution in [0.2, 0.25) is 0 Å². The highest BCUT2D eigenvalue weighted by atomic mass is 16.5. The predicted molar refractivity (Wildman–Crippen MR) is 238 cm³/mol. The molecule has 1 aliphatic carbocycles. The van der Waals surface area contributed by atoms with Crippen LogP contribution in [0.25, 0.3) is 49.7 Å². The normalized spacial score (nSPS) is 13.1. The minimum Gasteiger partial charge on any atom is -0.457 e. The molecule has 0 N–H and O–H groups in total. The van der Waals surface area contributed by atoms with E-state index in [4.69, 9.17) is 4.74 Å². The molecule has 1 spiro atoms. The van der Waals surface area contributed by atoms with Crippen LogP contribution in [-0.2, 0) is 5.41 Å². The number of rotatable bonds is 5. The molecule has 2 heterocycles. The molecule has 58 heavy (non-hydrogen) atoms. The Labute approximate surface area is 337 Å². The van der Waals surface area contributed by atoms with Crippen LogP contribution in [0.3, 0.4) is 0 Å². The molecule has 0 bridgehead atoms. The third-order valence-corrected chi connectivity index (χ3v) is 12.2. The minimum atomic E-state index is -0.571. The Morgan fingerprint density at radius 3 is 1.72 bits per heavy atom. The number of fused-ring (bicyclic) bond motifs is 12. The van der Waals surface area contributed by atoms with Crippen LogP contribution in [0.5, 0.6) is 11.5 Å². The van der Waals surface area contributed by atoms with Gasteiger partial charge in [-0.05, 0) is 106 Å². The van der Waals surface area contributed by atoms with Crippen LogP contribution in [0.4, 0.5) is 17.1 Å². The number of aromatic nitrogens is 1. The SMILES string of the molecule is c1ccc(-c2cccc(N(c3ccc4c(c3)C3(c5ccccc5O4)c4ccccc4-c4ccccc43)c3ccc4c(c3)c3ccccc3n4-c3ccccc3)c2)cc1. The zero-order valence-corrected chi connectivity index (χ0v) is 31.6. The summed E-state index contributed by atoms with van der Waals surface area (Å²) in [6, 6.07) is 79.1. The van der Waals surface area contributed by atoms with E-state index in [9.17, 15) is 0 Å². The second-order valence-electron chi connectivity index (χ2n) is 15.3. The van der Waals surface area contributed by atoms with Gasteiger partial charge >= 0.3 is 0 Å². The number of ether oxygens (including phenoxy) is 1. The number of nitrogens with zero attached hydrogens (tertiary/aromatic N) is 2. The van der Waals surface area contributed by atoms with E-state index in [2.05, 4.69) is 228 Å². The fourth-order valence-corrected chi connectivity index (χ4v) is 9.84. The Bertz CT molecular complexity index is 3170. The van der Waals surface area contributed by atoms with Gasteiger partial charge in [0.25, 0.3) is 0 Å². The molecule has 0 fully saturated rings. The molecule has 0 radical (unpaired) electrons. The van der Waals surface area contributed by atoms with Gasteiger partial charge in [-0.25, -0.2) is 0 Å². The Hall–Kier alpha value is -7.62. The van der Waals surface area contributed by atoms with Crippen LogP contribution < -0.4 is 9.64 Å². The van der Waals surface area contributed by atoms with E-state index in [-0.39, 0.29) is 0 Å². The Morgan fingerprint density at radius 1 is 0.362 bits per heavy atom. The third-order valence-electron chi connectivity index (χ3n) is 12.2. The molecule has 3 heteroatoms. The predicted octanol–water partition coefficient (Wildman–Crippen LogP) is 14.4. The maximum Gasteiger partial charge on any atom is 0.132 e. The molecule has 1 aromatic heterocycles. The van der Waals surface area contributed by atoms with Crippen molar-refractivity contribution in [1.29, 1.82) is 0 Å². The van der Waals surface area contributed by atoms with Gasteiger partial charge in [0.05, 0.1) is 16.4 Å². The van der Waals surface area contributed by atoms with Gasteiger partial charge in [-0.15, -0.1) is 0 Å². The lowest BCUT2D eigenvalue weighted by atomic mass is 9.66. The molecule has 2 aliphatic rings. The monoisotopic (exact) mass is 740 g/mol. The number of hydrogen-bond donors (Lipinski definition) is 0. The highest BCUT2D eigenvalue weighted by Crippen LogP contribution is 2.62. The summed E-state index contributed by atoms with van der Waals surface area (Å²) in [4.78, 5) is 2.42. The summed E-state index contributed by atoms with van der Waals surface area (Å²) in [6.45, 7) is 0. The van der Waals surface area contributed by atoms with Gasteiger partial charge < -0.3 is 14.2 Å². The first-order valence-electron chi connectivity index (χ1n) is 19.9. The molecule has 9 aromatic carbocycles. The number of anilines is 3. The fraction of sp³-hybridized carbons (Fsp3) is 0.0182. The minimum absolute atomic E-state index is 0.571. The van der Waals surface area contributed by atoms with Crippen molar-refractivity contribution in [1.82, 2.24) is 4.57 Å². The van der Waals surface area contributed by atoms with Crippen molar-refractivity contribution in [2.45, 2.75) is 5.41 Å². The van der Waals surface area contributed by atoms with E-state index >= 15 is 0 Å². The largest absolute Gasteiger partial charge is 0.457 e. The first-order chi connectivity index (χ1) is 28.8. The van der Waals surface area contributed by atoms with Crippen LogP contribution in [-0.4, -0.2) is 4.57 Å². The molecular formula is C55H36N2O. The Balaban J connectivity index is 1.13. The third kappa shape index (κ3) is 4.68. The molecule has 12 rings (SSSR count). The van der Waals surface area contributed by atoms with Gasteiger partial charge in [0.2, 0.25) is 0 Å². The molecular weight excluding hydrogens is 705 g/mol. The van der Waals surface area contributed by atoms with Crippen molar-refractivity contribution in [3.8, 4) is 39.4 Å². The quantitative estimate of drug-likeness (QED) is 0.175. The Kier molecular flexibility index (Phi) is 7.14. The zero-order valence-electron chi connectivity index (χ0n) is 31.6. The van der Waals surface area contributed by atoms with Crippen molar-refractivity contribution in [3.05, 3.63) is 241 Å². The van der Waals surface area contributed by atoms with E-state index in [0.717, 1.165) is 50.9 Å². The topological polar surface area (TPSA) is 17.4 Å². The number of benzene rings is 9. The van der Waals surface area contributed by atoms with E-state index in [1.807, 2.05) is 0 Å². The summed E-state index contributed by atoms with van der Waals surface area (Å²) in [5, 5.41) is 2.42. The molecule has 0 saturated carbocycles. The first-order valence-corrected chi connectivity index (χ1v) is 19.9. The molecule has 10 aromatic rings. The van der Waals surface area contributed by atoms with Crippen LogP contribution in [0, 0.1) is 0 Å². The molecule has 0 amide bonds. The second kappa shape index (κ2) is 12.7. The summed E-state index contributed by atoms with van der Waals surface area (Å²) < 4.78 is 9.22. The molecule has 0 unspecified atom stereocenters. The van der Waals surface area contributed by atoms with Crippen LogP contribution in [0.15, 0.2) is 218 Å². The molecule has 0 atom stereocenters. The van der Waals surface area contributed by atoms with Crippen molar-refractivity contribution >= 4 is 38.9 Å². The van der Waals surface area contributed by atoms with Crippen LogP contribution in [0.1, 0.15) is 22.3 Å². The van der Waals surface area contributed by atoms with Crippen molar-refractivity contribution in [2.75, 3.05) is 4.90 Å². The second-order valence-corrected chi connectivity index (χ2v) is 15.3. The zero-order chi connectivity index (χ0) is 38.2. The molecule has 1 aliphatic heterocycles. The average molecular weight is 741 g/mol. The van der Waals surface area contributed by atoms with Gasteiger partial charge in [-0.1, -0.05) is 146 Å². The van der Waals surface area contributed by atoms with E-state index in [0.29, 0.717) is 0 Å². The molecule has 0 saturated heterocycles. The van der Waals surface area contributed by atoms with Gasteiger partial charge in [0, 0.05) is 44.6 Å².